The van der Waals surface area contributed by atoms with Gasteiger partial charge in [-0.2, -0.15) is 0 Å². The number of carboxylic acid groups (broad SMARTS) is 1. The van der Waals surface area contributed by atoms with E-state index in [9.17, 15) is 18.4 Å². The number of urea groups is 1. The van der Waals surface area contributed by atoms with Crippen molar-refractivity contribution in [1.82, 2.24) is 10.6 Å². The first-order chi connectivity index (χ1) is 13.0. The summed E-state index contributed by atoms with van der Waals surface area (Å²) in [5.41, 5.74) is 1.16. The SMILES string of the molecule is O=C(O)CCC(Cc1ccccc1)NC(=O)NCCc1cccc(F)c1F. The molecule has 0 heterocycles. The molecule has 5 nitrogen and oxygen atoms in total. The number of carbonyl (C=O) groups is 2. The first-order valence-electron chi connectivity index (χ1n) is 8.68. The lowest BCUT2D eigenvalue weighted by Gasteiger charge is -2.19. The number of nitrogens with one attached hydrogen (secondary N) is 2. The molecule has 1 atom stereocenters. The van der Waals surface area contributed by atoms with Crippen LogP contribution in [0.1, 0.15) is 24.0 Å². The van der Waals surface area contributed by atoms with Crippen molar-refractivity contribution in [3.8, 4) is 0 Å². The average Bonchev–Trinajstić information content (AvgIpc) is 2.64. The molecular weight excluding hydrogens is 354 g/mol. The molecule has 0 spiro atoms. The second-order valence-electron chi connectivity index (χ2n) is 6.18. The maximum Gasteiger partial charge on any atom is 0.315 e. The third-order valence-electron chi connectivity index (χ3n) is 4.08. The minimum absolute atomic E-state index is 0.0632. The zero-order valence-corrected chi connectivity index (χ0v) is 14.8. The molecular formula is C20H22F2N2O3. The van der Waals surface area contributed by atoms with Gasteiger partial charge >= 0.3 is 12.0 Å². The van der Waals surface area contributed by atoms with Gasteiger partial charge in [-0.15, -0.1) is 0 Å². The number of aliphatic carboxylic acids is 1. The number of carbonyl (C=O) groups excluding carboxylic acids is 1. The highest BCUT2D eigenvalue weighted by Gasteiger charge is 2.15. The number of amides is 2. The van der Waals surface area contributed by atoms with Gasteiger partial charge in [0.05, 0.1) is 0 Å². The summed E-state index contributed by atoms with van der Waals surface area (Å²) in [5, 5.41) is 14.2. The highest BCUT2D eigenvalue weighted by Crippen LogP contribution is 2.11. The van der Waals surface area contributed by atoms with Gasteiger partial charge in [-0.05, 0) is 36.5 Å². The van der Waals surface area contributed by atoms with Gasteiger partial charge in [0.15, 0.2) is 11.6 Å². The van der Waals surface area contributed by atoms with Crippen molar-refractivity contribution in [1.29, 1.82) is 0 Å². The molecule has 0 saturated heterocycles. The molecule has 0 aromatic heterocycles. The number of halogens is 2. The van der Waals surface area contributed by atoms with Gasteiger partial charge in [0, 0.05) is 19.0 Å². The second kappa shape index (κ2) is 10.3. The molecule has 2 amide bonds. The molecule has 0 aliphatic carbocycles. The van der Waals surface area contributed by atoms with E-state index in [0.29, 0.717) is 6.42 Å². The van der Waals surface area contributed by atoms with Crippen molar-refractivity contribution in [3.63, 3.8) is 0 Å². The Labute approximate surface area is 156 Å². The smallest absolute Gasteiger partial charge is 0.315 e. The molecule has 7 heteroatoms. The van der Waals surface area contributed by atoms with Crippen LogP contribution in [0.3, 0.4) is 0 Å². The largest absolute Gasteiger partial charge is 0.481 e. The van der Waals surface area contributed by atoms with Gasteiger partial charge in [0.2, 0.25) is 0 Å². The summed E-state index contributed by atoms with van der Waals surface area (Å²) in [6.07, 6.45) is 0.873. The van der Waals surface area contributed by atoms with E-state index in [0.717, 1.165) is 11.6 Å². The predicted octanol–water partition coefficient (Wildman–Crippen LogP) is 3.28. The maximum atomic E-state index is 13.6. The minimum atomic E-state index is -0.933. The van der Waals surface area contributed by atoms with Gasteiger partial charge < -0.3 is 15.7 Å². The van der Waals surface area contributed by atoms with E-state index < -0.39 is 23.6 Å². The lowest BCUT2D eigenvalue weighted by molar-refractivity contribution is -0.137. The summed E-state index contributed by atoms with van der Waals surface area (Å²) in [4.78, 5) is 22.9. The summed E-state index contributed by atoms with van der Waals surface area (Å²) in [5.74, 6) is -2.77. The topological polar surface area (TPSA) is 78.4 Å². The summed E-state index contributed by atoms with van der Waals surface area (Å²) >= 11 is 0. The highest BCUT2D eigenvalue weighted by molar-refractivity contribution is 5.74. The fourth-order valence-electron chi connectivity index (χ4n) is 2.71. The van der Waals surface area contributed by atoms with Crippen LogP contribution < -0.4 is 10.6 Å². The summed E-state index contributed by atoms with van der Waals surface area (Å²) in [6, 6.07) is 12.5. The molecule has 0 saturated carbocycles. The molecule has 2 rings (SSSR count). The first kappa shape index (κ1) is 20.4. The lowest BCUT2D eigenvalue weighted by atomic mass is 10.0. The van der Waals surface area contributed by atoms with Crippen molar-refractivity contribution in [3.05, 3.63) is 71.3 Å². The Morgan fingerprint density at radius 2 is 1.78 bits per heavy atom. The Kier molecular flexibility index (Phi) is 7.73. The van der Waals surface area contributed by atoms with E-state index in [2.05, 4.69) is 10.6 Å². The second-order valence-corrected chi connectivity index (χ2v) is 6.18. The van der Waals surface area contributed by atoms with E-state index in [1.807, 2.05) is 30.3 Å². The third kappa shape index (κ3) is 7.05. The zero-order valence-electron chi connectivity index (χ0n) is 14.8. The first-order valence-corrected chi connectivity index (χ1v) is 8.68. The number of hydrogen-bond donors (Lipinski definition) is 3. The van der Waals surface area contributed by atoms with E-state index >= 15 is 0 Å². The Bertz CT molecular complexity index is 769. The van der Waals surface area contributed by atoms with Gasteiger partial charge in [-0.3, -0.25) is 4.79 Å². The molecule has 0 aliphatic rings. The van der Waals surface area contributed by atoms with Crippen LogP contribution in [0, 0.1) is 11.6 Å². The van der Waals surface area contributed by atoms with Crippen molar-refractivity contribution in [2.75, 3.05) is 6.54 Å². The number of benzene rings is 2. The Balaban J connectivity index is 1.86. The molecule has 2 aromatic carbocycles. The van der Waals surface area contributed by atoms with Crippen LogP contribution in [0.2, 0.25) is 0 Å². The molecule has 27 heavy (non-hydrogen) atoms. The fraction of sp³-hybridized carbons (Fsp3) is 0.300. The highest BCUT2D eigenvalue weighted by atomic mass is 19.2. The van der Waals surface area contributed by atoms with Gasteiger partial charge in [0.25, 0.3) is 0 Å². The molecule has 0 radical (unpaired) electrons. The quantitative estimate of drug-likeness (QED) is 0.628. The molecule has 0 fully saturated rings. The van der Waals surface area contributed by atoms with E-state index in [4.69, 9.17) is 5.11 Å². The van der Waals surface area contributed by atoms with Crippen molar-refractivity contribution < 1.29 is 23.5 Å². The number of carboxylic acids is 1. The minimum Gasteiger partial charge on any atom is -0.481 e. The van der Waals surface area contributed by atoms with Gasteiger partial charge in [-0.1, -0.05) is 42.5 Å². The predicted molar refractivity (Wildman–Crippen MR) is 97.4 cm³/mol. The summed E-state index contributed by atoms with van der Waals surface area (Å²) in [7, 11) is 0. The molecule has 0 aliphatic heterocycles. The van der Waals surface area contributed by atoms with Gasteiger partial charge in [-0.25, -0.2) is 13.6 Å². The van der Waals surface area contributed by atoms with Crippen molar-refractivity contribution >= 4 is 12.0 Å². The summed E-state index contributed by atoms with van der Waals surface area (Å²) < 4.78 is 26.8. The van der Waals surface area contributed by atoms with Crippen LogP contribution in [-0.2, 0) is 17.6 Å². The fourth-order valence-corrected chi connectivity index (χ4v) is 2.71. The monoisotopic (exact) mass is 376 g/mol. The molecule has 0 bridgehead atoms. The molecule has 144 valence electrons. The Morgan fingerprint density at radius 3 is 2.48 bits per heavy atom. The molecule has 3 N–H and O–H groups in total. The standard InChI is InChI=1S/C20H22F2N2O3/c21-17-8-4-7-15(19(17)22)11-12-23-20(27)24-16(9-10-18(25)26)13-14-5-2-1-3-6-14/h1-8,16H,9-13H2,(H,25,26)(H2,23,24,27). The van der Waals surface area contributed by atoms with Crippen LogP contribution >= 0.6 is 0 Å². The maximum absolute atomic E-state index is 13.6. The van der Waals surface area contributed by atoms with Crippen LogP contribution in [0.4, 0.5) is 13.6 Å². The Morgan fingerprint density at radius 1 is 1.04 bits per heavy atom. The van der Waals surface area contributed by atoms with Gasteiger partial charge in [0.1, 0.15) is 0 Å². The van der Waals surface area contributed by atoms with E-state index in [-0.39, 0.29) is 37.4 Å². The Hall–Kier alpha value is -2.96. The number of rotatable bonds is 9. The molecule has 2 aromatic rings. The van der Waals surface area contributed by atoms with Crippen molar-refractivity contribution in [2.24, 2.45) is 0 Å². The molecule has 1 unspecified atom stereocenters. The van der Waals surface area contributed by atoms with E-state index in [1.165, 1.54) is 12.1 Å². The third-order valence-corrected chi connectivity index (χ3v) is 4.08. The normalized spacial score (nSPS) is 11.6. The van der Waals surface area contributed by atoms with Crippen LogP contribution in [0.15, 0.2) is 48.5 Å². The lowest BCUT2D eigenvalue weighted by Crippen LogP contribution is -2.44. The van der Waals surface area contributed by atoms with Crippen molar-refractivity contribution in [2.45, 2.75) is 31.7 Å². The number of hydrogen-bond acceptors (Lipinski definition) is 2. The van der Waals surface area contributed by atoms with Crippen LogP contribution in [-0.4, -0.2) is 29.7 Å². The van der Waals surface area contributed by atoms with Crippen LogP contribution in [0.25, 0.3) is 0 Å². The zero-order chi connectivity index (χ0) is 19.6. The average molecular weight is 376 g/mol. The van der Waals surface area contributed by atoms with Crippen LogP contribution in [0.5, 0.6) is 0 Å². The van der Waals surface area contributed by atoms with E-state index in [1.54, 1.807) is 0 Å². The summed E-state index contributed by atoms with van der Waals surface area (Å²) in [6.45, 7) is 0.128.